The molecule has 0 aliphatic carbocycles. The molecule has 0 aliphatic rings. The maximum atomic E-state index is 11.9. The molecule has 0 aliphatic heterocycles. The molecular formula is C15H26O6. The first-order chi connectivity index (χ1) is 9.62. The first-order valence-electron chi connectivity index (χ1n) is 7.17. The summed E-state index contributed by atoms with van der Waals surface area (Å²) in [6.45, 7) is 10.5. The van der Waals surface area contributed by atoms with Crippen LogP contribution < -0.4 is 0 Å². The van der Waals surface area contributed by atoms with Gasteiger partial charge in [-0.1, -0.05) is 6.92 Å². The molecule has 6 nitrogen and oxygen atoms in total. The zero-order valence-corrected chi connectivity index (χ0v) is 13.7. The van der Waals surface area contributed by atoms with Crippen molar-refractivity contribution in [1.29, 1.82) is 0 Å². The predicted molar refractivity (Wildman–Crippen MR) is 76.4 cm³/mol. The zero-order valence-electron chi connectivity index (χ0n) is 13.7. The van der Waals surface area contributed by atoms with Crippen LogP contribution in [0.4, 0.5) is 0 Å². The van der Waals surface area contributed by atoms with E-state index < -0.39 is 35.3 Å². The number of esters is 3. The average Bonchev–Trinajstić information content (AvgIpc) is 2.26. The van der Waals surface area contributed by atoms with Gasteiger partial charge in [0.05, 0.1) is 13.2 Å². The van der Waals surface area contributed by atoms with E-state index in [-0.39, 0.29) is 19.6 Å². The van der Waals surface area contributed by atoms with Crippen LogP contribution in [-0.4, -0.2) is 36.7 Å². The average molecular weight is 302 g/mol. The molecule has 0 aromatic heterocycles. The van der Waals surface area contributed by atoms with Crippen molar-refractivity contribution in [3.05, 3.63) is 0 Å². The van der Waals surface area contributed by atoms with E-state index in [0.717, 1.165) is 0 Å². The monoisotopic (exact) mass is 302 g/mol. The fourth-order valence-corrected chi connectivity index (χ4v) is 1.79. The molecule has 0 radical (unpaired) electrons. The predicted octanol–water partition coefficient (Wildman–Crippen LogP) is 2.10. The van der Waals surface area contributed by atoms with Crippen LogP contribution in [-0.2, 0) is 28.6 Å². The highest BCUT2D eigenvalue weighted by Crippen LogP contribution is 2.21. The summed E-state index contributed by atoms with van der Waals surface area (Å²) < 4.78 is 15.0. The Morgan fingerprint density at radius 1 is 0.952 bits per heavy atom. The molecule has 0 saturated carbocycles. The van der Waals surface area contributed by atoms with E-state index >= 15 is 0 Å². The summed E-state index contributed by atoms with van der Waals surface area (Å²) in [4.78, 5) is 35.6. The Kier molecular flexibility index (Phi) is 7.99. The molecule has 0 N–H and O–H groups in total. The molecule has 6 heteroatoms. The van der Waals surface area contributed by atoms with Crippen LogP contribution in [0.2, 0.25) is 0 Å². The van der Waals surface area contributed by atoms with E-state index in [4.69, 9.17) is 14.2 Å². The lowest BCUT2D eigenvalue weighted by atomic mass is 9.91. The number of carbonyl (C=O) groups excluding carboxylic acids is 3. The fourth-order valence-electron chi connectivity index (χ4n) is 1.79. The molecule has 0 aromatic carbocycles. The molecule has 0 fully saturated rings. The first-order valence-corrected chi connectivity index (χ1v) is 7.17. The third-order valence-electron chi connectivity index (χ3n) is 2.56. The van der Waals surface area contributed by atoms with Gasteiger partial charge in [-0.15, -0.1) is 0 Å². The number of hydrogen-bond donors (Lipinski definition) is 0. The minimum atomic E-state index is -1.11. The molecule has 0 amide bonds. The minimum absolute atomic E-state index is 0.0560. The molecule has 0 aromatic rings. The van der Waals surface area contributed by atoms with Crippen molar-refractivity contribution < 1.29 is 28.6 Å². The first kappa shape index (κ1) is 19.4. The number of rotatable bonds is 7. The van der Waals surface area contributed by atoms with E-state index in [1.54, 1.807) is 41.5 Å². The molecule has 0 bridgehead atoms. The summed E-state index contributed by atoms with van der Waals surface area (Å²) in [6.07, 6.45) is -0.0560. The maximum Gasteiger partial charge on any atom is 0.320 e. The fraction of sp³-hybridized carbons (Fsp3) is 0.800. The van der Waals surface area contributed by atoms with Crippen molar-refractivity contribution in [2.45, 2.75) is 53.6 Å². The Labute approximate surface area is 126 Å². The van der Waals surface area contributed by atoms with E-state index in [1.807, 2.05) is 0 Å². The second-order valence-electron chi connectivity index (χ2n) is 5.75. The van der Waals surface area contributed by atoms with Gasteiger partial charge in [0.15, 0.2) is 5.92 Å². The lowest BCUT2D eigenvalue weighted by Gasteiger charge is -2.23. The highest BCUT2D eigenvalue weighted by molar-refractivity contribution is 5.95. The van der Waals surface area contributed by atoms with E-state index in [9.17, 15) is 14.4 Å². The van der Waals surface area contributed by atoms with Gasteiger partial charge >= 0.3 is 17.9 Å². The van der Waals surface area contributed by atoms with Gasteiger partial charge < -0.3 is 14.2 Å². The molecule has 122 valence electrons. The highest BCUT2D eigenvalue weighted by Gasteiger charge is 2.36. The van der Waals surface area contributed by atoms with Crippen LogP contribution in [0, 0.1) is 11.8 Å². The van der Waals surface area contributed by atoms with Gasteiger partial charge in [0.1, 0.15) is 5.60 Å². The van der Waals surface area contributed by atoms with Gasteiger partial charge in [-0.2, -0.15) is 0 Å². The maximum absolute atomic E-state index is 11.9. The number of carbonyl (C=O) groups is 3. The van der Waals surface area contributed by atoms with Crippen molar-refractivity contribution in [1.82, 2.24) is 0 Å². The summed E-state index contributed by atoms with van der Waals surface area (Å²) in [6, 6.07) is 0. The molecule has 0 spiro atoms. The molecule has 21 heavy (non-hydrogen) atoms. The second-order valence-corrected chi connectivity index (χ2v) is 5.75. The highest BCUT2D eigenvalue weighted by atomic mass is 16.6. The zero-order chi connectivity index (χ0) is 16.6. The van der Waals surface area contributed by atoms with Crippen LogP contribution >= 0.6 is 0 Å². The van der Waals surface area contributed by atoms with Gasteiger partial charge in [0.25, 0.3) is 0 Å². The topological polar surface area (TPSA) is 78.9 Å². The van der Waals surface area contributed by atoms with Crippen LogP contribution in [0.15, 0.2) is 0 Å². The number of ether oxygens (including phenoxy) is 3. The Balaban J connectivity index is 4.86. The summed E-state index contributed by atoms with van der Waals surface area (Å²) in [5.41, 5.74) is -0.611. The summed E-state index contributed by atoms with van der Waals surface area (Å²) in [5.74, 6) is -3.48. The normalized spacial score (nSPS) is 12.7. The van der Waals surface area contributed by atoms with Gasteiger partial charge in [0.2, 0.25) is 0 Å². The Morgan fingerprint density at radius 2 is 1.38 bits per heavy atom. The molecular weight excluding hydrogens is 276 g/mol. The van der Waals surface area contributed by atoms with Crippen molar-refractivity contribution in [2.24, 2.45) is 11.8 Å². The molecule has 1 unspecified atom stereocenters. The van der Waals surface area contributed by atoms with Crippen LogP contribution in [0.1, 0.15) is 48.0 Å². The minimum Gasteiger partial charge on any atom is -0.465 e. The Bertz CT molecular complexity index is 351. The van der Waals surface area contributed by atoms with Crippen molar-refractivity contribution in [3.8, 4) is 0 Å². The van der Waals surface area contributed by atoms with Crippen molar-refractivity contribution in [3.63, 3.8) is 0 Å². The lowest BCUT2D eigenvalue weighted by Crippen LogP contribution is -2.35. The van der Waals surface area contributed by atoms with E-state index in [0.29, 0.717) is 0 Å². The van der Waals surface area contributed by atoms with Crippen LogP contribution in [0.3, 0.4) is 0 Å². The van der Waals surface area contributed by atoms with Gasteiger partial charge in [-0.3, -0.25) is 14.4 Å². The second kappa shape index (κ2) is 8.64. The van der Waals surface area contributed by atoms with Gasteiger partial charge in [-0.05, 0) is 40.5 Å². The molecule has 0 rings (SSSR count). The molecule has 0 heterocycles. The standard InChI is InChI=1S/C15H26O6/c1-7-19-13(17)12(14(18)20-8-2)10(3)9-11(16)21-15(4,5)6/h10,12H,7-9H2,1-6H3. The SMILES string of the molecule is CCOC(=O)C(C(=O)OCC)C(C)CC(=O)OC(C)(C)C. The van der Waals surface area contributed by atoms with Crippen LogP contribution in [0.25, 0.3) is 0 Å². The molecule has 0 saturated heterocycles. The lowest BCUT2D eigenvalue weighted by molar-refractivity contribution is -0.165. The largest absolute Gasteiger partial charge is 0.465 e. The third kappa shape index (κ3) is 7.68. The smallest absolute Gasteiger partial charge is 0.320 e. The van der Waals surface area contributed by atoms with Crippen molar-refractivity contribution in [2.75, 3.05) is 13.2 Å². The summed E-state index contributed by atoms with van der Waals surface area (Å²) >= 11 is 0. The summed E-state index contributed by atoms with van der Waals surface area (Å²) in [7, 11) is 0. The molecule has 1 atom stereocenters. The Hall–Kier alpha value is -1.59. The van der Waals surface area contributed by atoms with Crippen LogP contribution in [0.5, 0.6) is 0 Å². The number of hydrogen-bond acceptors (Lipinski definition) is 6. The van der Waals surface area contributed by atoms with E-state index in [2.05, 4.69) is 0 Å². The Morgan fingerprint density at radius 3 is 1.71 bits per heavy atom. The summed E-state index contributed by atoms with van der Waals surface area (Å²) in [5, 5.41) is 0. The van der Waals surface area contributed by atoms with Crippen molar-refractivity contribution >= 4 is 17.9 Å². The third-order valence-corrected chi connectivity index (χ3v) is 2.56. The van der Waals surface area contributed by atoms with Gasteiger partial charge in [-0.25, -0.2) is 0 Å². The quantitative estimate of drug-likeness (QED) is 0.407. The van der Waals surface area contributed by atoms with E-state index in [1.165, 1.54) is 0 Å². The van der Waals surface area contributed by atoms with Gasteiger partial charge in [0, 0.05) is 6.42 Å².